The zero-order valence-electron chi connectivity index (χ0n) is 15.2. The molecule has 8 heteroatoms. The van der Waals surface area contributed by atoms with Crippen LogP contribution >= 0.6 is 0 Å². The number of halogens is 1. The Labute approximate surface area is 154 Å². The number of nitrogens with zero attached hydrogens (tertiary/aromatic N) is 3. The third kappa shape index (κ3) is 3.51. The maximum Gasteiger partial charge on any atom is 0.335 e. The number of aromatic carboxylic acids is 1. The molecule has 0 radical (unpaired) electrons. The van der Waals surface area contributed by atoms with E-state index in [-0.39, 0.29) is 17.3 Å². The number of pyridine rings is 1. The second-order valence-electron chi connectivity index (χ2n) is 6.35. The monoisotopic (exact) mass is 370 g/mol. The Morgan fingerprint density at radius 1 is 1.33 bits per heavy atom. The van der Waals surface area contributed by atoms with Crippen LogP contribution in [0, 0.1) is 12.7 Å². The molecule has 0 aliphatic heterocycles. The first-order valence-corrected chi connectivity index (χ1v) is 8.50. The molecule has 27 heavy (non-hydrogen) atoms. The number of carboxylic acid groups (broad SMARTS) is 1. The summed E-state index contributed by atoms with van der Waals surface area (Å²) in [4.78, 5) is 28.1. The smallest absolute Gasteiger partial charge is 0.335 e. The zero-order valence-corrected chi connectivity index (χ0v) is 15.2. The molecule has 0 aliphatic rings. The Balaban J connectivity index is 1.99. The molecule has 140 valence electrons. The number of aromatic nitrogens is 3. The van der Waals surface area contributed by atoms with Crippen molar-refractivity contribution in [3.05, 3.63) is 53.1 Å². The van der Waals surface area contributed by atoms with Crippen LogP contribution in [0.5, 0.6) is 0 Å². The van der Waals surface area contributed by atoms with Gasteiger partial charge in [0.1, 0.15) is 5.82 Å². The average molecular weight is 370 g/mol. The summed E-state index contributed by atoms with van der Waals surface area (Å²) in [5.41, 5.74) is 1.27. The van der Waals surface area contributed by atoms with Crippen molar-refractivity contribution in [1.29, 1.82) is 0 Å². The minimum Gasteiger partial charge on any atom is -0.478 e. The van der Waals surface area contributed by atoms with Gasteiger partial charge >= 0.3 is 5.97 Å². The van der Waals surface area contributed by atoms with E-state index in [0.717, 1.165) is 12.5 Å². The predicted molar refractivity (Wildman–Crippen MR) is 98.6 cm³/mol. The minimum absolute atomic E-state index is 0.0954. The molecule has 2 aromatic heterocycles. The molecule has 2 N–H and O–H groups in total. The summed E-state index contributed by atoms with van der Waals surface area (Å²) in [6.45, 7) is 5.81. The van der Waals surface area contributed by atoms with Crippen LogP contribution in [0.15, 0.2) is 30.5 Å². The molecule has 0 saturated carbocycles. The van der Waals surface area contributed by atoms with E-state index in [1.165, 1.54) is 12.1 Å². The van der Waals surface area contributed by atoms with Crippen molar-refractivity contribution in [3.63, 3.8) is 0 Å². The van der Waals surface area contributed by atoms with Crippen molar-refractivity contribution in [2.75, 3.05) is 5.32 Å². The first-order valence-electron chi connectivity index (χ1n) is 8.50. The molecule has 0 saturated heterocycles. The summed E-state index contributed by atoms with van der Waals surface area (Å²) in [6, 6.07) is 5.06. The molecule has 7 nitrogen and oxygen atoms in total. The van der Waals surface area contributed by atoms with Crippen LogP contribution in [0.4, 0.5) is 10.1 Å². The van der Waals surface area contributed by atoms with E-state index in [1.807, 2.05) is 13.8 Å². The molecule has 0 aliphatic carbocycles. The molecule has 0 bridgehead atoms. The summed E-state index contributed by atoms with van der Waals surface area (Å²) in [5.74, 6) is -2.58. The van der Waals surface area contributed by atoms with Gasteiger partial charge in [-0.2, -0.15) is 5.10 Å². The van der Waals surface area contributed by atoms with Crippen molar-refractivity contribution >= 4 is 28.6 Å². The Hall–Kier alpha value is -3.29. The van der Waals surface area contributed by atoms with Gasteiger partial charge in [0, 0.05) is 5.69 Å². The normalized spacial score (nSPS) is 12.1. The summed E-state index contributed by atoms with van der Waals surface area (Å²) in [6.07, 6.45) is 2.43. The number of carboxylic acids is 1. The number of carbonyl (C=O) groups is 2. The van der Waals surface area contributed by atoms with Crippen LogP contribution in [-0.2, 0) is 0 Å². The molecule has 1 amide bonds. The number of fused-ring (bicyclic) bond motifs is 1. The van der Waals surface area contributed by atoms with Crippen molar-refractivity contribution < 1.29 is 19.1 Å². The lowest BCUT2D eigenvalue weighted by Crippen LogP contribution is -2.15. The van der Waals surface area contributed by atoms with Crippen molar-refractivity contribution in [3.8, 4) is 0 Å². The highest BCUT2D eigenvalue weighted by Gasteiger charge is 2.19. The first-order chi connectivity index (χ1) is 12.8. The highest BCUT2D eigenvalue weighted by Crippen LogP contribution is 2.24. The van der Waals surface area contributed by atoms with Gasteiger partial charge in [-0.3, -0.25) is 4.79 Å². The van der Waals surface area contributed by atoms with Crippen LogP contribution in [0.1, 0.15) is 52.7 Å². The standard InChI is InChI=1S/C19H19FN4O3/c1-4-11(3)24-17-14(9-21-24)13(7-10(2)22-17)18(25)23-16-6-5-12(19(26)27)8-15(16)20/h5-9,11H,4H2,1-3H3,(H,23,25)(H,26,27). The molecule has 0 spiro atoms. The molecular weight excluding hydrogens is 351 g/mol. The lowest BCUT2D eigenvalue weighted by Gasteiger charge is -2.12. The van der Waals surface area contributed by atoms with Crippen LogP contribution in [-0.4, -0.2) is 31.7 Å². The lowest BCUT2D eigenvalue weighted by molar-refractivity contribution is 0.0696. The number of carbonyl (C=O) groups excluding carboxylic acids is 1. The third-order valence-electron chi connectivity index (χ3n) is 4.41. The second kappa shape index (κ2) is 7.14. The van der Waals surface area contributed by atoms with Crippen molar-refractivity contribution in [1.82, 2.24) is 14.8 Å². The van der Waals surface area contributed by atoms with Gasteiger partial charge in [0.25, 0.3) is 5.91 Å². The van der Waals surface area contributed by atoms with E-state index in [1.54, 1.807) is 23.9 Å². The van der Waals surface area contributed by atoms with Crippen LogP contribution in [0.25, 0.3) is 11.0 Å². The SMILES string of the molecule is CCC(C)n1ncc2c(C(=O)Nc3ccc(C(=O)O)cc3F)cc(C)nc21. The number of hydrogen-bond donors (Lipinski definition) is 2. The quantitative estimate of drug-likeness (QED) is 0.712. The highest BCUT2D eigenvalue weighted by atomic mass is 19.1. The summed E-state index contributed by atoms with van der Waals surface area (Å²) < 4.78 is 15.9. The number of nitrogens with one attached hydrogen (secondary N) is 1. The largest absolute Gasteiger partial charge is 0.478 e. The molecule has 1 atom stereocenters. The summed E-state index contributed by atoms with van der Waals surface area (Å²) in [7, 11) is 0. The molecule has 3 aromatic rings. The van der Waals surface area contributed by atoms with E-state index in [0.29, 0.717) is 22.3 Å². The van der Waals surface area contributed by atoms with Gasteiger partial charge in [-0.25, -0.2) is 18.9 Å². The van der Waals surface area contributed by atoms with E-state index in [2.05, 4.69) is 15.4 Å². The number of rotatable bonds is 5. The Kier molecular flexibility index (Phi) is 4.89. The van der Waals surface area contributed by atoms with E-state index >= 15 is 0 Å². The third-order valence-corrected chi connectivity index (χ3v) is 4.41. The fourth-order valence-corrected chi connectivity index (χ4v) is 2.77. The summed E-state index contributed by atoms with van der Waals surface area (Å²) in [5, 5.41) is 16.3. The van der Waals surface area contributed by atoms with Crippen LogP contribution < -0.4 is 5.32 Å². The number of hydrogen-bond acceptors (Lipinski definition) is 4. The van der Waals surface area contributed by atoms with Gasteiger partial charge in [-0.1, -0.05) is 6.92 Å². The van der Waals surface area contributed by atoms with Gasteiger partial charge in [-0.15, -0.1) is 0 Å². The fraction of sp³-hybridized carbons (Fsp3) is 0.263. The first kappa shape index (κ1) is 18.5. The van der Waals surface area contributed by atoms with Crippen LogP contribution in [0.2, 0.25) is 0 Å². The van der Waals surface area contributed by atoms with Gasteiger partial charge in [0.15, 0.2) is 5.65 Å². The zero-order chi connectivity index (χ0) is 19.7. The highest BCUT2D eigenvalue weighted by molar-refractivity contribution is 6.12. The second-order valence-corrected chi connectivity index (χ2v) is 6.35. The lowest BCUT2D eigenvalue weighted by atomic mass is 10.1. The fourth-order valence-electron chi connectivity index (χ4n) is 2.77. The van der Waals surface area contributed by atoms with Gasteiger partial charge in [0.05, 0.1) is 34.4 Å². The van der Waals surface area contributed by atoms with E-state index in [9.17, 15) is 14.0 Å². The topological polar surface area (TPSA) is 97.1 Å². The van der Waals surface area contributed by atoms with Gasteiger partial charge in [0.2, 0.25) is 0 Å². The molecule has 2 heterocycles. The number of aryl methyl sites for hydroxylation is 1. The number of anilines is 1. The molecule has 3 rings (SSSR count). The van der Waals surface area contributed by atoms with E-state index in [4.69, 9.17) is 5.11 Å². The number of benzene rings is 1. The average Bonchev–Trinajstić information content (AvgIpc) is 3.05. The van der Waals surface area contributed by atoms with Crippen molar-refractivity contribution in [2.45, 2.75) is 33.2 Å². The Morgan fingerprint density at radius 3 is 2.70 bits per heavy atom. The number of amides is 1. The predicted octanol–water partition coefficient (Wildman–Crippen LogP) is 3.80. The maximum atomic E-state index is 14.1. The molecule has 1 aromatic carbocycles. The molecule has 1 unspecified atom stereocenters. The Bertz CT molecular complexity index is 1040. The van der Waals surface area contributed by atoms with Crippen molar-refractivity contribution in [2.24, 2.45) is 0 Å². The van der Waals surface area contributed by atoms with E-state index < -0.39 is 17.7 Å². The van der Waals surface area contributed by atoms with Gasteiger partial charge in [-0.05, 0) is 44.5 Å². The molecule has 0 fully saturated rings. The van der Waals surface area contributed by atoms with Gasteiger partial charge < -0.3 is 10.4 Å². The Morgan fingerprint density at radius 2 is 2.07 bits per heavy atom. The molecular formula is C19H19FN4O3. The van der Waals surface area contributed by atoms with Crippen LogP contribution in [0.3, 0.4) is 0 Å². The summed E-state index contributed by atoms with van der Waals surface area (Å²) >= 11 is 0. The maximum absolute atomic E-state index is 14.1. The minimum atomic E-state index is -1.24.